The molecule has 0 amide bonds. The van der Waals surface area contributed by atoms with Gasteiger partial charge in [-0.15, -0.1) is 0 Å². The Morgan fingerprint density at radius 1 is 1.53 bits per heavy atom. The van der Waals surface area contributed by atoms with Gasteiger partial charge in [0.05, 0.1) is 6.61 Å². The van der Waals surface area contributed by atoms with Crippen LogP contribution in [-0.4, -0.2) is 47.3 Å². The van der Waals surface area contributed by atoms with E-state index in [1.807, 2.05) is 0 Å². The summed E-state index contributed by atoms with van der Waals surface area (Å²) in [7, 11) is 0. The fourth-order valence-electron chi connectivity index (χ4n) is 1.92. The van der Waals surface area contributed by atoms with Crippen molar-refractivity contribution >= 4 is 0 Å². The topological polar surface area (TPSA) is 77.4 Å². The monoisotopic (exact) mass is 240 g/mol. The zero-order chi connectivity index (χ0) is 12.3. The van der Waals surface area contributed by atoms with Gasteiger partial charge in [-0.2, -0.15) is 4.98 Å². The van der Waals surface area contributed by atoms with Gasteiger partial charge in [0.25, 0.3) is 0 Å². The molecule has 17 heavy (non-hydrogen) atoms. The van der Waals surface area contributed by atoms with Gasteiger partial charge >= 0.3 is 0 Å². The van der Waals surface area contributed by atoms with Crippen molar-refractivity contribution in [1.29, 1.82) is 0 Å². The number of hydrogen-bond donors (Lipinski definition) is 1. The Bertz CT molecular complexity index is 353. The van der Waals surface area contributed by atoms with Crippen molar-refractivity contribution < 1.29 is 9.26 Å². The van der Waals surface area contributed by atoms with Gasteiger partial charge in [-0.1, -0.05) is 5.16 Å². The van der Waals surface area contributed by atoms with Crippen LogP contribution in [0.25, 0.3) is 0 Å². The Morgan fingerprint density at radius 2 is 2.35 bits per heavy atom. The van der Waals surface area contributed by atoms with Gasteiger partial charge in [0.1, 0.15) is 6.10 Å². The van der Waals surface area contributed by atoms with Crippen LogP contribution in [0.1, 0.15) is 31.7 Å². The van der Waals surface area contributed by atoms with E-state index >= 15 is 0 Å². The molecular formula is C11H20N4O2. The van der Waals surface area contributed by atoms with Crippen LogP contribution >= 0.6 is 0 Å². The van der Waals surface area contributed by atoms with E-state index in [0.29, 0.717) is 37.3 Å². The smallest absolute Gasteiger partial charge is 0.228 e. The molecule has 2 rings (SSSR count). The van der Waals surface area contributed by atoms with Crippen LogP contribution in [-0.2, 0) is 11.2 Å². The lowest BCUT2D eigenvalue weighted by Crippen LogP contribution is -2.42. The lowest BCUT2D eigenvalue weighted by molar-refractivity contribution is -0.0450. The fourth-order valence-corrected chi connectivity index (χ4v) is 1.92. The molecule has 6 nitrogen and oxygen atoms in total. The van der Waals surface area contributed by atoms with E-state index < -0.39 is 0 Å². The Balaban J connectivity index is 2.00. The maximum atomic E-state index is 5.68. The van der Waals surface area contributed by atoms with Gasteiger partial charge in [-0.3, -0.25) is 4.90 Å². The summed E-state index contributed by atoms with van der Waals surface area (Å²) in [5.74, 6) is 1.23. The molecule has 1 aromatic rings. The number of aromatic nitrogens is 2. The highest BCUT2D eigenvalue weighted by atomic mass is 16.5. The number of hydrogen-bond acceptors (Lipinski definition) is 6. The van der Waals surface area contributed by atoms with Gasteiger partial charge in [0.15, 0.2) is 0 Å². The minimum absolute atomic E-state index is 0.0820. The highest BCUT2D eigenvalue weighted by Gasteiger charge is 2.27. The first-order chi connectivity index (χ1) is 8.20. The number of ether oxygens (including phenoxy) is 1. The Hall–Kier alpha value is -0.980. The summed E-state index contributed by atoms with van der Waals surface area (Å²) in [6.45, 7) is 7.37. The quantitative estimate of drug-likeness (QED) is 0.818. The maximum Gasteiger partial charge on any atom is 0.228 e. The van der Waals surface area contributed by atoms with Crippen molar-refractivity contribution in [2.24, 2.45) is 5.73 Å². The lowest BCUT2D eigenvalue weighted by atomic mass is 10.2. The molecule has 1 fully saturated rings. The Labute approximate surface area is 101 Å². The second-order valence-corrected chi connectivity index (χ2v) is 4.53. The molecule has 2 N–H and O–H groups in total. The van der Waals surface area contributed by atoms with E-state index in [4.69, 9.17) is 15.0 Å². The first kappa shape index (κ1) is 12.5. The maximum absolute atomic E-state index is 5.68. The summed E-state index contributed by atoms with van der Waals surface area (Å²) in [5.41, 5.74) is 5.44. The Kier molecular flexibility index (Phi) is 4.09. The van der Waals surface area contributed by atoms with Crippen LogP contribution in [0.15, 0.2) is 4.52 Å². The van der Waals surface area contributed by atoms with Gasteiger partial charge in [-0.05, 0) is 13.8 Å². The van der Waals surface area contributed by atoms with Crippen molar-refractivity contribution in [3.63, 3.8) is 0 Å². The van der Waals surface area contributed by atoms with Gasteiger partial charge in [0, 0.05) is 32.1 Å². The standard InChI is InChI=1S/C11H20N4O2/c1-8(2)15-5-6-16-9(7-15)11-13-10(3-4-12)17-14-11/h8-9H,3-7,12H2,1-2H3. The molecule has 0 aliphatic carbocycles. The summed E-state index contributed by atoms with van der Waals surface area (Å²) in [4.78, 5) is 6.66. The third kappa shape index (κ3) is 3.02. The van der Waals surface area contributed by atoms with Crippen molar-refractivity contribution in [1.82, 2.24) is 15.0 Å². The van der Waals surface area contributed by atoms with Gasteiger partial charge in [-0.25, -0.2) is 0 Å². The molecule has 1 aliphatic heterocycles. The molecule has 0 bridgehead atoms. The molecule has 96 valence electrons. The third-order valence-electron chi connectivity index (χ3n) is 2.96. The van der Waals surface area contributed by atoms with E-state index in [9.17, 15) is 0 Å². The third-order valence-corrected chi connectivity index (χ3v) is 2.96. The molecule has 1 atom stereocenters. The summed E-state index contributed by atoms with van der Waals surface area (Å²) in [6, 6.07) is 0.511. The van der Waals surface area contributed by atoms with Crippen LogP contribution in [0, 0.1) is 0 Å². The lowest BCUT2D eigenvalue weighted by Gasteiger charge is -2.34. The van der Waals surface area contributed by atoms with Crippen LogP contribution in [0.4, 0.5) is 0 Å². The minimum Gasteiger partial charge on any atom is -0.367 e. The van der Waals surface area contributed by atoms with Gasteiger partial charge in [0.2, 0.25) is 11.7 Å². The zero-order valence-electron chi connectivity index (χ0n) is 10.4. The molecular weight excluding hydrogens is 220 g/mol. The van der Waals surface area contributed by atoms with Gasteiger partial charge < -0.3 is 15.0 Å². The molecule has 1 unspecified atom stereocenters. The first-order valence-electron chi connectivity index (χ1n) is 6.09. The van der Waals surface area contributed by atoms with Crippen molar-refractivity contribution in [2.75, 3.05) is 26.2 Å². The molecule has 0 radical (unpaired) electrons. The summed E-state index contributed by atoms with van der Waals surface area (Å²) >= 11 is 0. The molecule has 0 spiro atoms. The average molecular weight is 240 g/mol. The van der Waals surface area contributed by atoms with Crippen LogP contribution in [0.5, 0.6) is 0 Å². The first-order valence-corrected chi connectivity index (χ1v) is 6.09. The molecule has 1 aliphatic rings. The SMILES string of the molecule is CC(C)N1CCOC(c2noc(CCN)n2)C1. The molecule has 0 saturated carbocycles. The highest BCUT2D eigenvalue weighted by molar-refractivity contribution is 4.94. The molecule has 2 heterocycles. The zero-order valence-corrected chi connectivity index (χ0v) is 10.4. The normalized spacial score (nSPS) is 22.2. The molecule has 1 saturated heterocycles. The fraction of sp³-hybridized carbons (Fsp3) is 0.818. The summed E-state index contributed by atoms with van der Waals surface area (Å²) in [5, 5.41) is 3.96. The predicted octanol–water partition coefficient (Wildman–Crippen LogP) is 0.353. The minimum atomic E-state index is -0.0820. The van der Waals surface area contributed by atoms with Crippen LogP contribution in [0.3, 0.4) is 0 Å². The van der Waals surface area contributed by atoms with E-state index in [0.717, 1.165) is 13.1 Å². The number of nitrogens with two attached hydrogens (primary N) is 1. The van der Waals surface area contributed by atoms with Crippen molar-refractivity contribution in [3.05, 3.63) is 11.7 Å². The summed E-state index contributed by atoms with van der Waals surface area (Å²) < 4.78 is 10.8. The number of nitrogens with zero attached hydrogens (tertiary/aromatic N) is 3. The second-order valence-electron chi connectivity index (χ2n) is 4.53. The van der Waals surface area contributed by atoms with E-state index in [-0.39, 0.29) is 6.10 Å². The van der Waals surface area contributed by atoms with Crippen LogP contribution in [0.2, 0.25) is 0 Å². The predicted molar refractivity (Wildman–Crippen MR) is 62.5 cm³/mol. The highest BCUT2D eigenvalue weighted by Crippen LogP contribution is 2.21. The second kappa shape index (κ2) is 5.57. The van der Waals surface area contributed by atoms with Crippen LogP contribution < -0.4 is 5.73 Å². The Morgan fingerprint density at radius 3 is 3.06 bits per heavy atom. The largest absolute Gasteiger partial charge is 0.367 e. The van der Waals surface area contributed by atoms with E-state index in [2.05, 4.69) is 28.9 Å². The molecule has 0 aromatic carbocycles. The van der Waals surface area contributed by atoms with E-state index in [1.54, 1.807) is 0 Å². The van der Waals surface area contributed by atoms with E-state index in [1.165, 1.54) is 0 Å². The molecule has 1 aromatic heterocycles. The number of morpholine rings is 1. The number of rotatable bonds is 4. The average Bonchev–Trinajstić information content (AvgIpc) is 2.78. The summed E-state index contributed by atoms with van der Waals surface area (Å²) in [6.07, 6.45) is 0.537. The van der Waals surface area contributed by atoms with Crippen molar-refractivity contribution in [3.8, 4) is 0 Å². The van der Waals surface area contributed by atoms with Crippen molar-refractivity contribution in [2.45, 2.75) is 32.4 Å². The molecule has 6 heteroatoms.